The van der Waals surface area contributed by atoms with E-state index in [0.717, 1.165) is 16.6 Å². The third-order valence-corrected chi connectivity index (χ3v) is 4.40. The number of aromatic amines is 1. The van der Waals surface area contributed by atoms with Crippen molar-refractivity contribution >= 4 is 27.8 Å². The van der Waals surface area contributed by atoms with Crippen LogP contribution in [0.4, 0.5) is 4.39 Å². The van der Waals surface area contributed by atoms with E-state index in [9.17, 15) is 9.18 Å². The Labute approximate surface area is 143 Å². The van der Waals surface area contributed by atoms with Gasteiger partial charge in [-0.2, -0.15) is 0 Å². The molecule has 0 spiro atoms. The largest absolute Gasteiger partial charge is 0.341 e. The lowest BCUT2D eigenvalue weighted by Gasteiger charge is -2.12. The summed E-state index contributed by atoms with van der Waals surface area (Å²) in [5, 5.41) is 3.64. The molecular formula is C19H17FN4O. The molecule has 2 aromatic heterocycles. The first-order valence-corrected chi connectivity index (χ1v) is 8.03. The van der Waals surface area contributed by atoms with Crippen LogP contribution in [-0.4, -0.2) is 20.4 Å². The van der Waals surface area contributed by atoms with Gasteiger partial charge in [-0.3, -0.25) is 4.79 Å². The highest BCUT2D eigenvalue weighted by Crippen LogP contribution is 2.21. The topological polar surface area (TPSA) is 62.7 Å². The Bertz CT molecular complexity index is 1060. The van der Waals surface area contributed by atoms with Crippen molar-refractivity contribution in [2.75, 3.05) is 0 Å². The number of benzene rings is 2. The van der Waals surface area contributed by atoms with Gasteiger partial charge >= 0.3 is 0 Å². The predicted octanol–water partition coefficient (Wildman–Crippen LogP) is 3.68. The van der Waals surface area contributed by atoms with E-state index in [1.54, 1.807) is 23.7 Å². The summed E-state index contributed by atoms with van der Waals surface area (Å²) in [6.45, 7) is 1.87. The van der Waals surface area contributed by atoms with E-state index >= 15 is 0 Å². The molecule has 0 saturated heterocycles. The molecule has 0 aliphatic rings. The number of amides is 1. The van der Waals surface area contributed by atoms with Gasteiger partial charge in [0.15, 0.2) is 0 Å². The molecular weight excluding hydrogens is 319 g/mol. The van der Waals surface area contributed by atoms with Crippen LogP contribution >= 0.6 is 0 Å². The van der Waals surface area contributed by atoms with E-state index in [2.05, 4.69) is 15.3 Å². The van der Waals surface area contributed by atoms with Gasteiger partial charge in [-0.05, 0) is 43.3 Å². The van der Waals surface area contributed by atoms with E-state index in [-0.39, 0.29) is 17.8 Å². The molecule has 2 N–H and O–H groups in total. The van der Waals surface area contributed by atoms with Gasteiger partial charge in [0.1, 0.15) is 17.3 Å². The van der Waals surface area contributed by atoms with Gasteiger partial charge in [-0.1, -0.05) is 12.1 Å². The second kappa shape index (κ2) is 5.73. The maximum absolute atomic E-state index is 13.4. The fourth-order valence-corrected chi connectivity index (χ4v) is 3.05. The van der Waals surface area contributed by atoms with Gasteiger partial charge in [0.2, 0.25) is 0 Å². The number of para-hydroxylation sites is 2. The first kappa shape index (κ1) is 15.4. The third kappa shape index (κ3) is 2.65. The molecule has 0 aliphatic carbocycles. The summed E-state index contributed by atoms with van der Waals surface area (Å²) in [7, 11) is 1.79. The van der Waals surface area contributed by atoms with Crippen molar-refractivity contribution in [3.8, 4) is 0 Å². The zero-order valence-corrected chi connectivity index (χ0v) is 13.9. The van der Waals surface area contributed by atoms with Crippen LogP contribution < -0.4 is 5.32 Å². The van der Waals surface area contributed by atoms with Gasteiger partial charge in [-0.15, -0.1) is 0 Å². The number of H-pyrrole nitrogens is 1. The van der Waals surface area contributed by atoms with Gasteiger partial charge in [0.05, 0.1) is 17.1 Å². The van der Waals surface area contributed by atoms with Crippen LogP contribution in [0.5, 0.6) is 0 Å². The molecule has 4 rings (SSSR count). The third-order valence-electron chi connectivity index (χ3n) is 4.40. The van der Waals surface area contributed by atoms with Gasteiger partial charge in [0.25, 0.3) is 5.91 Å². The quantitative estimate of drug-likeness (QED) is 0.599. The summed E-state index contributed by atoms with van der Waals surface area (Å²) >= 11 is 0. The number of rotatable bonds is 3. The van der Waals surface area contributed by atoms with Crippen LogP contribution in [0.25, 0.3) is 21.9 Å². The Morgan fingerprint density at radius 3 is 2.84 bits per heavy atom. The monoisotopic (exact) mass is 336 g/mol. The molecule has 25 heavy (non-hydrogen) atoms. The molecule has 4 aromatic rings. The van der Waals surface area contributed by atoms with Crippen molar-refractivity contribution in [1.29, 1.82) is 0 Å². The number of hydrogen-bond acceptors (Lipinski definition) is 2. The van der Waals surface area contributed by atoms with Crippen LogP contribution in [-0.2, 0) is 7.05 Å². The Kier molecular flexibility index (Phi) is 3.53. The summed E-state index contributed by atoms with van der Waals surface area (Å²) in [5.74, 6) is 0.145. The van der Waals surface area contributed by atoms with E-state index in [1.165, 1.54) is 12.1 Å². The Hall–Kier alpha value is -3.15. The summed E-state index contributed by atoms with van der Waals surface area (Å²) in [6.07, 6.45) is 0. The molecule has 0 radical (unpaired) electrons. The van der Waals surface area contributed by atoms with Gasteiger partial charge in [0, 0.05) is 18.0 Å². The van der Waals surface area contributed by atoms with Crippen molar-refractivity contribution in [3.63, 3.8) is 0 Å². The van der Waals surface area contributed by atoms with Crippen LogP contribution in [0.2, 0.25) is 0 Å². The maximum Gasteiger partial charge on any atom is 0.268 e. The minimum atomic E-state index is -0.319. The van der Waals surface area contributed by atoms with E-state index in [0.29, 0.717) is 16.9 Å². The standard InChI is InChI=1S/C19H17FN4O/c1-11(18-22-14-5-3-4-6-15(14)23-18)21-19(25)17-10-12-9-13(20)7-8-16(12)24(17)2/h3-11H,1-2H3,(H,21,25)(H,22,23). The molecule has 2 heterocycles. The highest BCUT2D eigenvalue weighted by Gasteiger charge is 2.18. The number of imidazole rings is 1. The number of aromatic nitrogens is 3. The minimum Gasteiger partial charge on any atom is -0.341 e. The Morgan fingerprint density at radius 1 is 1.24 bits per heavy atom. The van der Waals surface area contributed by atoms with Crippen molar-refractivity contribution in [3.05, 3.63) is 65.9 Å². The minimum absolute atomic E-state index is 0.230. The summed E-state index contributed by atoms with van der Waals surface area (Å²) < 4.78 is 15.1. The lowest BCUT2D eigenvalue weighted by molar-refractivity contribution is 0.0930. The van der Waals surface area contributed by atoms with Crippen molar-refractivity contribution in [1.82, 2.24) is 19.9 Å². The first-order chi connectivity index (χ1) is 12.0. The highest BCUT2D eigenvalue weighted by atomic mass is 19.1. The first-order valence-electron chi connectivity index (χ1n) is 8.03. The number of nitrogens with zero attached hydrogens (tertiary/aromatic N) is 2. The molecule has 0 bridgehead atoms. The zero-order chi connectivity index (χ0) is 17.6. The molecule has 0 fully saturated rings. The highest BCUT2D eigenvalue weighted by molar-refractivity contribution is 5.98. The number of carbonyl (C=O) groups is 1. The van der Waals surface area contributed by atoms with Crippen LogP contribution in [0.15, 0.2) is 48.5 Å². The Balaban J connectivity index is 1.62. The second-order valence-corrected chi connectivity index (χ2v) is 6.13. The number of carbonyl (C=O) groups excluding carboxylic acids is 1. The summed E-state index contributed by atoms with van der Waals surface area (Å²) in [5.41, 5.74) is 3.07. The van der Waals surface area contributed by atoms with Crippen LogP contribution in [0.3, 0.4) is 0 Å². The van der Waals surface area contributed by atoms with Gasteiger partial charge < -0.3 is 14.9 Å². The zero-order valence-electron chi connectivity index (χ0n) is 13.9. The normalized spacial score (nSPS) is 12.6. The number of fused-ring (bicyclic) bond motifs is 2. The number of hydrogen-bond donors (Lipinski definition) is 2. The summed E-state index contributed by atoms with van der Waals surface area (Å²) in [4.78, 5) is 20.4. The smallest absolute Gasteiger partial charge is 0.268 e. The van der Waals surface area contributed by atoms with Crippen LogP contribution in [0.1, 0.15) is 29.3 Å². The lowest BCUT2D eigenvalue weighted by atomic mass is 10.2. The predicted molar refractivity (Wildman–Crippen MR) is 94.9 cm³/mol. The van der Waals surface area contributed by atoms with Crippen LogP contribution in [0, 0.1) is 5.82 Å². The second-order valence-electron chi connectivity index (χ2n) is 6.13. The summed E-state index contributed by atoms with van der Waals surface area (Å²) in [6, 6.07) is 13.6. The maximum atomic E-state index is 13.4. The average molecular weight is 336 g/mol. The fourth-order valence-electron chi connectivity index (χ4n) is 3.05. The Morgan fingerprint density at radius 2 is 2.04 bits per heavy atom. The molecule has 1 atom stereocenters. The average Bonchev–Trinajstić information content (AvgIpc) is 3.16. The molecule has 126 valence electrons. The molecule has 0 saturated carbocycles. The van der Waals surface area contributed by atoms with E-state index in [1.807, 2.05) is 31.2 Å². The molecule has 5 nitrogen and oxygen atoms in total. The number of aryl methyl sites for hydroxylation is 1. The molecule has 1 unspecified atom stereocenters. The molecule has 6 heteroatoms. The lowest BCUT2D eigenvalue weighted by Crippen LogP contribution is -2.28. The molecule has 1 amide bonds. The van der Waals surface area contributed by atoms with E-state index in [4.69, 9.17) is 0 Å². The SMILES string of the molecule is CC(NC(=O)c1cc2cc(F)ccc2n1C)c1nc2ccccc2[nH]1. The van der Waals surface area contributed by atoms with Crippen molar-refractivity contribution < 1.29 is 9.18 Å². The van der Waals surface area contributed by atoms with Crippen molar-refractivity contribution in [2.24, 2.45) is 7.05 Å². The van der Waals surface area contributed by atoms with E-state index < -0.39 is 0 Å². The molecule has 0 aliphatic heterocycles. The molecule has 2 aromatic carbocycles. The number of halogens is 1. The number of nitrogens with one attached hydrogen (secondary N) is 2. The van der Waals surface area contributed by atoms with Gasteiger partial charge in [-0.25, -0.2) is 9.37 Å². The fraction of sp³-hybridized carbons (Fsp3) is 0.158. The van der Waals surface area contributed by atoms with Crippen molar-refractivity contribution in [2.45, 2.75) is 13.0 Å².